The number of halogens is 1. The molecule has 2 aromatic rings. The first-order chi connectivity index (χ1) is 17.1. The third-order valence-corrected chi connectivity index (χ3v) is 7.53. The molecular formula is C26H25FN2O7. The number of fused-ring (bicyclic) bond motifs is 4. The molecule has 0 spiro atoms. The maximum Gasteiger partial charge on any atom is 0.255 e. The number of aliphatic hydroxyl groups is 3. The monoisotopic (exact) mass is 496 g/mol. The van der Waals surface area contributed by atoms with E-state index in [0.717, 1.165) is 5.56 Å². The van der Waals surface area contributed by atoms with Crippen molar-refractivity contribution >= 4 is 34.0 Å². The number of rotatable bonds is 5. The highest BCUT2D eigenvalue weighted by Gasteiger charge is 2.60. The number of amides is 1. The molecule has 0 aliphatic heterocycles. The molecule has 5 rings (SSSR count). The van der Waals surface area contributed by atoms with E-state index in [1.54, 1.807) is 18.2 Å². The van der Waals surface area contributed by atoms with E-state index >= 15 is 0 Å². The second-order valence-corrected chi connectivity index (χ2v) is 9.59. The van der Waals surface area contributed by atoms with Gasteiger partial charge in [0.2, 0.25) is 5.78 Å². The van der Waals surface area contributed by atoms with Gasteiger partial charge in [-0.15, -0.1) is 0 Å². The van der Waals surface area contributed by atoms with Crippen molar-refractivity contribution in [2.75, 3.05) is 13.2 Å². The second-order valence-electron chi connectivity index (χ2n) is 9.59. The zero-order chi connectivity index (χ0) is 25.9. The van der Waals surface area contributed by atoms with Gasteiger partial charge in [0.25, 0.3) is 5.91 Å². The fourth-order valence-corrected chi connectivity index (χ4v) is 5.84. The van der Waals surface area contributed by atoms with E-state index in [4.69, 9.17) is 5.73 Å². The van der Waals surface area contributed by atoms with Gasteiger partial charge in [0.1, 0.15) is 29.5 Å². The van der Waals surface area contributed by atoms with Crippen molar-refractivity contribution in [1.82, 2.24) is 5.32 Å². The number of nitrogens with one attached hydrogen (secondary N) is 1. The van der Waals surface area contributed by atoms with Gasteiger partial charge in [0, 0.05) is 36.4 Å². The van der Waals surface area contributed by atoms with E-state index in [9.17, 15) is 39.2 Å². The SMILES string of the molecule is NC(=O)C1=C(O)[C@@]2(O)C(=O)C3=C(O)c4c(cc5ccc(CNCCF)cc5c4O)C[C@H]3C[C@H]2CC1=O. The number of aromatic hydroxyl groups is 1. The molecule has 36 heavy (non-hydrogen) atoms. The highest BCUT2D eigenvalue weighted by Crippen LogP contribution is 2.52. The van der Waals surface area contributed by atoms with Gasteiger partial charge < -0.3 is 31.5 Å². The van der Waals surface area contributed by atoms with Crippen LogP contribution in [0.25, 0.3) is 16.5 Å². The number of ketones is 2. The Hall–Kier alpha value is -3.76. The first-order valence-electron chi connectivity index (χ1n) is 11.6. The van der Waals surface area contributed by atoms with E-state index in [1.807, 2.05) is 6.07 Å². The van der Waals surface area contributed by atoms with Gasteiger partial charge >= 0.3 is 0 Å². The Morgan fingerprint density at radius 1 is 1.17 bits per heavy atom. The lowest BCUT2D eigenvalue weighted by atomic mass is 9.59. The number of aliphatic hydroxyl groups excluding tert-OH is 2. The molecule has 0 heterocycles. The third kappa shape index (κ3) is 3.32. The smallest absolute Gasteiger partial charge is 0.255 e. The van der Waals surface area contributed by atoms with Crippen LogP contribution in [0.4, 0.5) is 4.39 Å². The van der Waals surface area contributed by atoms with Crippen molar-refractivity contribution in [2.45, 2.75) is 31.4 Å². The lowest BCUT2D eigenvalue weighted by Crippen LogP contribution is -2.58. The summed E-state index contributed by atoms with van der Waals surface area (Å²) in [6.45, 7) is 0.0276. The maximum atomic E-state index is 13.6. The Labute approximate surface area is 204 Å². The number of carbonyl (C=O) groups excluding carboxylic acids is 3. The van der Waals surface area contributed by atoms with Gasteiger partial charge in [-0.2, -0.15) is 0 Å². The molecule has 3 aliphatic carbocycles. The summed E-state index contributed by atoms with van der Waals surface area (Å²) in [5, 5.41) is 48.3. The molecule has 2 aromatic carbocycles. The molecule has 0 unspecified atom stereocenters. The largest absolute Gasteiger partial charge is 0.508 e. The molecule has 1 fully saturated rings. The number of hydrogen-bond acceptors (Lipinski definition) is 8. The average molecular weight is 496 g/mol. The topological polar surface area (TPSA) is 170 Å². The Morgan fingerprint density at radius 3 is 2.61 bits per heavy atom. The lowest BCUT2D eigenvalue weighted by Gasteiger charge is -2.46. The van der Waals surface area contributed by atoms with Gasteiger partial charge in [-0.3, -0.25) is 14.4 Å². The quantitative estimate of drug-likeness (QED) is 0.268. The van der Waals surface area contributed by atoms with E-state index < -0.39 is 58.7 Å². The summed E-state index contributed by atoms with van der Waals surface area (Å²) in [6, 6.07) is 7.15. The van der Waals surface area contributed by atoms with Crippen LogP contribution in [0.2, 0.25) is 0 Å². The maximum absolute atomic E-state index is 13.6. The van der Waals surface area contributed by atoms with Crippen molar-refractivity contribution in [3.05, 3.63) is 57.9 Å². The fourth-order valence-electron chi connectivity index (χ4n) is 5.84. The van der Waals surface area contributed by atoms with Crippen molar-refractivity contribution in [3.63, 3.8) is 0 Å². The first-order valence-corrected chi connectivity index (χ1v) is 11.6. The Balaban J connectivity index is 1.64. The van der Waals surface area contributed by atoms with Crippen molar-refractivity contribution in [1.29, 1.82) is 0 Å². The molecule has 3 atom stereocenters. The number of alkyl halides is 1. The molecule has 188 valence electrons. The van der Waals surface area contributed by atoms with Crippen molar-refractivity contribution in [3.8, 4) is 5.75 Å². The van der Waals surface area contributed by atoms with Crippen LogP contribution < -0.4 is 11.1 Å². The average Bonchev–Trinajstić information content (AvgIpc) is 2.81. The summed E-state index contributed by atoms with van der Waals surface area (Å²) in [5.74, 6) is -6.49. The van der Waals surface area contributed by atoms with E-state index in [2.05, 4.69) is 5.32 Å². The lowest BCUT2D eigenvalue weighted by molar-refractivity contribution is -0.147. The Kier molecular flexibility index (Phi) is 5.60. The van der Waals surface area contributed by atoms with E-state index in [1.165, 1.54) is 0 Å². The van der Waals surface area contributed by atoms with Gasteiger partial charge in [-0.05, 0) is 41.3 Å². The summed E-state index contributed by atoms with van der Waals surface area (Å²) < 4.78 is 12.4. The number of benzene rings is 2. The summed E-state index contributed by atoms with van der Waals surface area (Å²) >= 11 is 0. The van der Waals surface area contributed by atoms with Crippen molar-refractivity contribution < 1.29 is 39.2 Å². The molecule has 0 radical (unpaired) electrons. The molecule has 3 aliphatic rings. The minimum atomic E-state index is -2.59. The minimum Gasteiger partial charge on any atom is -0.508 e. The van der Waals surface area contributed by atoms with Crippen LogP contribution in [0.1, 0.15) is 29.5 Å². The summed E-state index contributed by atoms with van der Waals surface area (Å²) in [6.07, 6.45) is -0.0250. The molecule has 0 aromatic heterocycles. The number of phenolic OH excluding ortho intramolecular Hbond substituents is 1. The van der Waals surface area contributed by atoms with Gasteiger partial charge in [0.15, 0.2) is 11.4 Å². The second kappa shape index (κ2) is 8.42. The number of primary amides is 1. The third-order valence-electron chi connectivity index (χ3n) is 7.53. The van der Waals surface area contributed by atoms with Gasteiger partial charge in [0.05, 0.1) is 5.56 Å². The Morgan fingerprint density at radius 2 is 1.92 bits per heavy atom. The van der Waals surface area contributed by atoms with Crippen molar-refractivity contribution in [2.24, 2.45) is 17.6 Å². The molecule has 1 amide bonds. The van der Waals surface area contributed by atoms with E-state index in [-0.39, 0.29) is 42.7 Å². The van der Waals surface area contributed by atoms with Crippen LogP contribution in [0.3, 0.4) is 0 Å². The standard InChI is InChI=1S/C26H25FN2O7/c27-3-4-29-10-11-1-2-12-6-13-7-14-8-15-9-17(30)20(25(28)35)24(34)26(15,36)23(33)19(14)22(32)18(13)21(31)16(12)5-11/h1-2,5-6,14-15,29,31-32,34,36H,3-4,7-10H2,(H2,28,35)/t14-,15-,26-/m0/s1. The van der Waals surface area contributed by atoms with Crippen LogP contribution in [0.5, 0.6) is 5.75 Å². The minimum absolute atomic E-state index is 0.0449. The zero-order valence-electron chi connectivity index (χ0n) is 19.2. The highest BCUT2D eigenvalue weighted by molar-refractivity contribution is 6.22. The van der Waals surface area contributed by atoms with Crippen LogP contribution in [0, 0.1) is 11.8 Å². The molecule has 0 saturated heterocycles. The Bertz CT molecular complexity index is 1410. The molecule has 7 N–H and O–H groups in total. The molecule has 1 saturated carbocycles. The predicted octanol–water partition coefficient (Wildman–Crippen LogP) is 1.64. The number of Topliss-reactive ketones (excluding diaryl/α,β-unsaturated/α-hetero) is 2. The van der Waals surface area contributed by atoms with Crippen LogP contribution in [-0.2, 0) is 27.3 Å². The zero-order valence-corrected chi connectivity index (χ0v) is 19.2. The number of nitrogens with two attached hydrogens (primary N) is 1. The first kappa shape index (κ1) is 24.0. The summed E-state index contributed by atoms with van der Waals surface area (Å²) in [4.78, 5) is 37.7. The van der Waals surface area contributed by atoms with Crippen LogP contribution in [-0.4, -0.2) is 56.7 Å². The summed E-state index contributed by atoms with van der Waals surface area (Å²) in [5.41, 5.74) is 3.03. The molecular weight excluding hydrogens is 471 g/mol. The molecule has 10 heteroatoms. The van der Waals surface area contributed by atoms with E-state index in [0.29, 0.717) is 22.9 Å². The van der Waals surface area contributed by atoms with Crippen LogP contribution in [0.15, 0.2) is 41.2 Å². The summed E-state index contributed by atoms with van der Waals surface area (Å²) in [7, 11) is 0. The normalized spacial score (nSPS) is 25.6. The number of carbonyl (C=O) groups is 3. The van der Waals surface area contributed by atoms with Gasteiger partial charge in [-0.25, -0.2) is 4.39 Å². The highest BCUT2D eigenvalue weighted by atomic mass is 19.1. The number of hydrogen-bond donors (Lipinski definition) is 6. The molecule has 9 nitrogen and oxygen atoms in total. The predicted molar refractivity (Wildman–Crippen MR) is 127 cm³/mol. The number of phenols is 1. The fraction of sp³-hybridized carbons (Fsp3) is 0.346. The molecule has 0 bridgehead atoms. The van der Waals surface area contributed by atoms with Crippen LogP contribution >= 0.6 is 0 Å². The van der Waals surface area contributed by atoms with Gasteiger partial charge in [-0.1, -0.05) is 18.2 Å².